The van der Waals surface area contributed by atoms with E-state index in [0.29, 0.717) is 0 Å². The zero-order chi connectivity index (χ0) is 25.1. The van der Waals surface area contributed by atoms with Crippen LogP contribution >= 0.6 is 15.9 Å². The second-order valence-electron chi connectivity index (χ2n) is 9.43. The van der Waals surface area contributed by atoms with Gasteiger partial charge in [-0.1, -0.05) is 28.1 Å². The van der Waals surface area contributed by atoms with E-state index in [1.165, 1.54) is 40.4 Å². The molecule has 1 unspecified atom stereocenters. The minimum absolute atomic E-state index is 0.0245. The third-order valence-electron chi connectivity index (χ3n) is 6.88. The highest BCUT2D eigenvalue weighted by molar-refractivity contribution is 9.10. The first-order chi connectivity index (χ1) is 17.4. The number of halogens is 3. The van der Waals surface area contributed by atoms with Crippen LogP contribution in [-0.2, 0) is 18.7 Å². The maximum atomic E-state index is 14.7. The van der Waals surface area contributed by atoms with Crippen molar-refractivity contribution in [3.05, 3.63) is 83.0 Å². The van der Waals surface area contributed by atoms with Gasteiger partial charge in [-0.25, -0.2) is 18.4 Å². The van der Waals surface area contributed by atoms with Gasteiger partial charge >= 0.3 is 0 Å². The van der Waals surface area contributed by atoms with Gasteiger partial charge in [0.2, 0.25) is 0 Å². The molecule has 7 nitrogen and oxygen atoms in total. The fourth-order valence-corrected chi connectivity index (χ4v) is 5.38. The summed E-state index contributed by atoms with van der Waals surface area (Å²) in [7, 11) is 0. The molecule has 2 aromatic carbocycles. The molecular formula is C26H29BrF2N6O. The number of rotatable bonds is 9. The molecule has 10 heteroatoms. The van der Waals surface area contributed by atoms with Crippen LogP contribution in [0.2, 0.25) is 0 Å². The highest BCUT2D eigenvalue weighted by Gasteiger charge is 2.36. The molecule has 1 N–H and O–H groups in total. The van der Waals surface area contributed by atoms with Crippen molar-refractivity contribution in [2.75, 3.05) is 39.3 Å². The summed E-state index contributed by atoms with van der Waals surface area (Å²) in [6.07, 6.45) is 6.03. The average molecular weight is 559 g/mol. The number of aryl methyl sites for hydroxylation is 1. The monoisotopic (exact) mass is 558 g/mol. The average Bonchev–Trinajstić information content (AvgIpc) is 3.50. The van der Waals surface area contributed by atoms with E-state index in [1.807, 2.05) is 0 Å². The molecule has 1 aliphatic rings. The van der Waals surface area contributed by atoms with Gasteiger partial charge in [-0.3, -0.25) is 4.90 Å². The number of piperazine rings is 1. The van der Waals surface area contributed by atoms with Gasteiger partial charge in [-0.05, 0) is 42.6 Å². The van der Waals surface area contributed by atoms with Crippen LogP contribution < -0.4 is 0 Å². The van der Waals surface area contributed by atoms with Crippen LogP contribution in [0.5, 0.6) is 0 Å². The maximum Gasteiger partial charge on any atom is 0.137 e. The summed E-state index contributed by atoms with van der Waals surface area (Å²) in [6.45, 7) is 5.40. The Bertz CT molecular complexity index is 1310. The molecule has 0 saturated carbocycles. The minimum atomic E-state index is -1.57. The molecule has 4 aromatic rings. The van der Waals surface area contributed by atoms with Crippen molar-refractivity contribution >= 4 is 26.8 Å². The van der Waals surface area contributed by atoms with Gasteiger partial charge in [0.25, 0.3) is 0 Å². The SMILES string of the molecule is OC(CN1CCN(CCCn2ccc3ccc(Br)cc32)CC1)(Cn1cncn1)c1ccc(F)cc1F. The lowest BCUT2D eigenvalue weighted by Gasteiger charge is -2.39. The molecule has 0 aliphatic carbocycles. The lowest BCUT2D eigenvalue weighted by atomic mass is 9.92. The van der Waals surface area contributed by atoms with Crippen LogP contribution in [0.15, 0.2) is 65.8 Å². The van der Waals surface area contributed by atoms with Gasteiger partial charge < -0.3 is 14.6 Å². The Morgan fingerprint density at radius 2 is 1.75 bits per heavy atom. The van der Waals surface area contributed by atoms with Crippen molar-refractivity contribution < 1.29 is 13.9 Å². The molecule has 3 heterocycles. The lowest BCUT2D eigenvalue weighted by molar-refractivity contribution is -0.0319. The van der Waals surface area contributed by atoms with E-state index < -0.39 is 17.2 Å². The summed E-state index contributed by atoms with van der Waals surface area (Å²) < 4.78 is 33.1. The first-order valence-electron chi connectivity index (χ1n) is 12.1. The molecule has 0 spiro atoms. The number of nitrogens with zero attached hydrogens (tertiary/aromatic N) is 6. The first kappa shape index (κ1) is 25.0. The van der Waals surface area contributed by atoms with Crippen LogP contribution in [0.1, 0.15) is 12.0 Å². The van der Waals surface area contributed by atoms with Gasteiger partial charge in [0.1, 0.15) is 29.9 Å². The fraction of sp³-hybridized carbons (Fsp3) is 0.385. The molecule has 0 radical (unpaired) electrons. The number of hydrogen-bond acceptors (Lipinski definition) is 5. The molecule has 5 rings (SSSR count). The maximum absolute atomic E-state index is 14.7. The van der Waals surface area contributed by atoms with Crippen LogP contribution in [0, 0.1) is 11.6 Å². The highest BCUT2D eigenvalue weighted by atomic mass is 79.9. The number of β-amino-alcohol motifs (C(OH)–C–C–N with tert-alkyl or cyclic N) is 1. The van der Waals surface area contributed by atoms with Gasteiger partial charge in [0.15, 0.2) is 0 Å². The molecule has 1 saturated heterocycles. The highest BCUT2D eigenvalue weighted by Crippen LogP contribution is 2.28. The zero-order valence-corrected chi connectivity index (χ0v) is 21.5. The molecule has 1 atom stereocenters. The van der Waals surface area contributed by atoms with Crippen molar-refractivity contribution in [2.24, 2.45) is 0 Å². The van der Waals surface area contributed by atoms with Crippen LogP contribution in [0.3, 0.4) is 0 Å². The number of benzene rings is 2. The second kappa shape index (κ2) is 10.8. The van der Waals surface area contributed by atoms with E-state index in [1.54, 1.807) is 0 Å². The Morgan fingerprint density at radius 3 is 2.50 bits per heavy atom. The summed E-state index contributed by atoms with van der Waals surface area (Å²) in [5.74, 6) is -1.44. The number of fused-ring (bicyclic) bond motifs is 1. The summed E-state index contributed by atoms with van der Waals surface area (Å²) in [6, 6.07) is 11.8. The summed E-state index contributed by atoms with van der Waals surface area (Å²) in [5, 5.41) is 16.9. The Balaban J connectivity index is 1.18. The number of aromatic nitrogens is 4. The van der Waals surface area contributed by atoms with E-state index in [9.17, 15) is 13.9 Å². The predicted octanol–water partition coefficient (Wildman–Crippen LogP) is 3.87. The molecule has 0 amide bonds. The Labute approximate surface area is 217 Å². The molecule has 1 fully saturated rings. The normalized spacial score (nSPS) is 17.0. The zero-order valence-electron chi connectivity index (χ0n) is 19.9. The molecule has 2 aromatic heterocycles. The molecule has 190 valence electrons. The predicted molar refractivity (Wildman–Crippen MR) is 137 cm³/mol. The van der Waals surface area contributed by atoms with Crippen molar-refractivity contribution in [3.8, 4) is 0 Å². The quantitative estimate of drug-likeness (QED) is 0.338. The first-order valence-corrected chi connectivity index (χ1v) is 12.9. The number of aliphatic hydroxyl groups is 1. The Kier molecular flexibility index (Phi) is 7.47. The minimum Gasteiger partial charge on any atom is -0.382 e. The van der Waals surface area contributed by atoms with Crippen LogP contribution in [0.4, 0.5) is 8.78 Å². The van der Waals surface area contributed by atoms with Crippen molar-refractivity contribution in [2.45, 2.75) is 25.1 Å². The topological polar surface area (TPSA) is 62.4 Å². The summed E-state index contributed by atoms with van der Waals surface area (Å²) >= 11 is 3.56. The van der Waals surface area contributed by atoms with Crippen LogP contribution in [-0.4, -0.2) is 73.5 Å². The standard InChI is InChI=1S/C26H29BrF2N6O/c27-21-3-2-20-6-9-34(25(20)14-21)8-1-7-32-10-12-33(13-11-32)16-26(36,17-35-19-30-18-31-35)23-5-4-22(28)15-24(23)29/h2-6,9,14-15,18-19,36H,1,7-8,10-13,16-17H2. The van der Waals surface area contributed by atoms with Crippen molar-refractivity contribution in [3.63, 3.8) is 0 Å². The van der Waals surface area contributed by atoms with Crippen molar-refractivity contribution in [1.29, 1.82) is 0 Å². The smallest absolute Gasteiger partial charge is 0.137 e. The third kappa shape index (κ3) is 5.67. The largest absolute Gasteiger partial charge is 0.382 e. The van der Waals surface area contributed by atoms with E-state index in [0.717, 1.165) is 56.2 Å². The molecule has 0 bridgehead atoms. The van der Waals surface area contributed by atoms with E-state index in [4.69, 9.17) is 0 Å². The van der Waals surface area contributed by atoms with Gasteiger partial charge in [-0.2, -0.15) is 5.10 Å². The van der Waals surface area contributed by atoms with Crippen molar-refractivity contribution in [1.82, 2.24) is 29.1 Å². The number of hydrogen-bond donors (Lipinski definition) is 1. The third-order valence-corrected chi connectivity index (χ3v) is 7.38. The van der Waals surface area contributed by atoms with Gasteiger partial charge in [-0.15, -0.1) is 0 Å². The molecule has 1 aliphatic heterocycles. The Hall–Kier alpha value is -2.66. The Morgan fingerprint density at radius 1 is 0.944 bits per heavy atom. The second-order valence-corrected chi connectivity index (χ2v) is 10.3. The molecule has 36 heavy (non-hydrogen) atoms. The van der Waals surface area contributed by atoms with E-state index in [-0.39, 0.29) is 18.7 Å². The summed E-state index contributed by atoms with van der Waals surface area (Å²) in [4.78, 5) is 8.48. The van der Waals surface area contributed by atoms with E-state index >= 15 is 0 Å². The lowest BCUT2D eigenvalue weighted by Crippen LogP contribution is -2.52. The van der Waals surface area contributed by atoms with Crippen LogP contribution in [0.25, 0.3) is 10.9 Å². The van der Waals surface area contributed by atoms with Gasteiger partial charge in [0.05, 0.1) is 6.54 Å². The molecular weight excluding hydrogens is 530 g/mol. The fourth-order valence-electron chi connectivity index (χ4n) is 5.03. The summed E-state index contributed by atoms with van der Waals surface area (Å²) in [5.41, 5.74) is -0.279. The van der Waals surface area contributed by atoms with Gasteiger partial charge in [0, 0.05) is 67.1 Å². The van der Waals surface area contributed by atoms with E-state index in [2.05, 4.69) is 70.8 Å².